The van der Waals surface area contributed by atoms with Crippen molar-refractivity contribution >= 4 is 0 Å². The van der Waals surface area contributed by atoms with E-state index in [1.165, 1.54) is 19.3 Å². The molecule has 2 rings (SSSR count). The maximum atomic E-state index is 5.39. The predicted octanol–water partition coefficient (Wildman–Crippen LogP) is 2.07. The molecular formula is C12H20N2O. The number of furan rings is 1. The summed E-state index contributed by atoms with van der Waals surface area (Å²) in [6.07, 6.45) is 5.48. The molecule has 15 heavy (non-hydrogen) atoms. The summed E-state index contributed by atoms with van der Waals surface area (Å²) in [6.45, 7) is 4.45. The fourth-order valence-corrected chi connectivity index (χ4v) is 2.16. The molecule has 2 N–H and O–H groups in total. The first-order valence-electron chi connectivity index (χ1n) is 5.86. The summed E-state index contributed by atoms with van der Waals surface area (Å²) in [5, 5.41) is 7.05. The van der Waals surface area contributed by atoms with Gasteiger partial charge in [-0.1, -0.05) is 0 Å². The Morgan fingerprint density at radius 1 is 1.47 bits per heavy atom. The standard InChI is InChI=1S/C12H20N2O/c1-10(12-5-3-9-15-12)14-11-4-2-7-13-8-6-11/h3,5,9-11,13-14H,2,4,6-8H2,1H3. The lowest BCUT2D eigenvalue weighted by molar-refractivity contribution is 0.370. The van der Waals surface area contributed by atoms with Crippen LogP contribution < -0.4 is 10.6 Å². The Morgan fingerprint density at radius 2 is 2.40 bits per heavy atom. The van der Waals surface area contributed by atoms with Crippen LogP contribution in [-0.2, 0) is 0 Å². The Morgan fingerprint density at radius 3 is 3.20 bits per heavy atom. The van der Waals surface area contributed by atoms with Crippen molar-refractivity contribution in [3.8, 4) is 0 Å². The molecule has 3 nitrogen and oxygen atoms in total. The van der Waals surface area contributed by atoms with Crippen LogP contribution in [-0.4, -0.2) is 19.1 Å². The molecule has 84 valence electrons. The Hall–Kier alpha value is -0.800. The second kappa shape index (κ2) is 5.33. The van der Waals surface area contributed by atoms with E-state index < -0.39 is 0 Å². The average Bonchev–Trinajstić information content (AvgIpc) is 2.65. The van der Waals surface area contributed by atoms with E-state index in [1.54, 1.807) is 6.26 Å². The third kappa shape index (κ3) is 3.08. The minimum Gasteiger partial charge on any atom is -0.468 e. The molecule has 1 aliphatic heterocycles. The van der Waals surface area contributed by atoms with Gasteiger partial charge in [0.25, 0.3) is 0 Å². The van der Waals surface area contributed by atoms with Crippen LogP contribution in [0, 0.1) is 0 Å². The van der Waals surface area contributed by atoms with Crippen LogP contribution >= 0.6 is 0 Å². The first kappa shape index (κ1) is 10.7. The van der Waals surface area contributed by atoms with Crippen molar-refractivity contribution < 1.29 is 4.42 Å². The van der Waals surface area contributed by atoms with Gasteiger partial charge in [0.05, 0.1) is 12.3 Å². The van der Waals surface area contributed by atoms with Gasteiger partial charge in [-0.3, -0.25) is 0 Å². The predicted molar refractivity (Wildman–Crippen MR) is 60.8 cm³/mol. The third-order valence-corrected chi connectivity index (χ3v) is 3.03. The monoisotopic (exact) mass is 208 g/mol. The van der Waals surface area contributed by atoms with Crippen molar-refractivity contribution in [1.82, 2.24) is 10.6 Å². The number of rotatable bonds is 3. The molecule has 2 unspecified atom stereocenters. The van der Waals surface area contributed by atoms with Gasteiger partial charge in [0.15, 0.2) is 0 Å². The molecule has 3 heteroatoms. The first-order chi connectivity index (χ1) is 7.36. The fourth-order valence-electron chi connectivity index (χ4n) is 2.16. The smallest absolute Gasteiger partial charge is 0.120 e. The third-order valence-electron chi connectivity index (χ3n) is 3.03. The highest BCUT2D eigenvalue weighted by Gasteiger charge is 2.16. The van der Waals surface area contributed by atoms with Gasteiger partial charge in [0.2, 0.25) is 0 Å². The number of hydrogen-bond donors (Lipinski definition) is 2. The Balaban J connectivity index is 1.84. The summed E-state index contributed by atoms with van der Waals surface area (Å²) in [5.41, 5.74) is 0. The van der Waals surface area contributed by atoms with Gasteiger partial charge in [-0.25, -0.2) is 0 Å². The zero-order valence-corrected chi connectivity index (χ0v) is 9.33. The van der Waals surface area contributed by atoms with Crippen LogP contribution in [0.4, 0.5) is 0 Å². The maximum Gasteiger partial charge on any atom is 0.120 e. The van der Waals surface area contributed by atoms with Crippen molar-refractivity contribution in [1.29, 1.82) is 0 Å². The Bertz CT molecular complexity index is 263. The molecule has 1 fully saturated rings. The summed E-state index contributed by atoms with van der Waals surface area (Å²) in [5.74, 6) is 1.03. The normalized spacial score (nSPS) is 24.7. The minimum absolute atomic E-state index is 0.322. The zero-order chi connectivity index (χ0) is 10.5. The summed E-state index contributed by atoms with van der Waals surface area (Å²) in [6, 6.07) is 4.93. The van der Waals surface area contributed by atoms with Gasteiger partial charge >= 0.3 is 0 Å². The molecule has 0 bridgehead atoms. The average molecular weight is 208 g/mol. The van der Waals surface area contributed by atoms with Gasteiger partial charge in [-0.2, -0.15) is 0 Å². The highest BCUT2D eigenvalue weighted by Crippen LogP contribution is 2.15. The molecule has 0 radical (unpaired) electrons. The van der Waals surface area contributed by atoms with Crippen molar-refractivity contribution in [2.75, 3.05) is 13.1 Å². The fraction of sp³-hybridized carbons (Fsp3) is 0.667. The molecule has 0 aromatic carbocycles. The lowest BCUT2D eigenvalue weighted by atomic mass is 10.1. The number of hydrogen-bond acceptors (Lipinski definition) is 3. The second-order valence-corrected chi connectivity index (χ2v) is 4.28. The molecule has 2 atom stereocenters. The van der Waals surface area contributed by atoms with E-state index in [2.05, 4.69) is 17.6 Å². The van der Waals surface area contributed by atoms with E-state index in [4.69, 9.17) is 4.42 Å². The lowest BCUT2D eigenvalue weighted by Crippen LogP contribution is -2.32. The highest BCUT2D eigenvalue weighted by atomic mass is 16.3. The van der Waals surface area contributed by atoms with Crippen molar-refractivity contribution in [3.05, 3.63) is 24.2 Å². The van der Waals surface area contributed by atoms with E-state index in [9.17, 15) is 0 Å². The van der Waals surface area contributed by atoms with E-state index in [0.29, 0.717) is 12.1 Å². The molecule has 1 aromatic heterocycles. The van der Waals surface area contributed by atoms with E-state index in [-0.39, 0.29) is 0 Å². The van der Waals surface area contributed by atoms with Gasteiger partial charge in [0, 0.05) is 6.04 Å². The SMILES string of the molecule is CC(NC1CCCNCC1)c1ccco1. The van der Waals surface area contributed by atoms with E-state index >= 15 is 0 Å². The first-order valence-corrected chi connectivity index (χ1v) is 5.86. The molecule has 1 saturated heterocycles. The molecule has 1 aromatic rings. The summed E-state index contributed by atoms with van der Waals surface area (Å²) in [7, 11) is 0. The summed E-state index contributed by atoms with van der Waals surface area (Å²) in [4.78, 5) is 0. The zero-order valence-electron chi connectivity index (χ0n) is 9.33. The summed E-state index contributed by atoms with van der Waals surface area (Å²) >= 11 is 0. The van der Waals surface area contributed by atoms with Gasteiger partial charge in [-0.05, 0) is 51.4 Å². The largest absolute Gasteiger partial charge is 0.468 e. The topological polar surface area (TPSA) is 37.2 Å². The summed E-state index contributed by atoms with van der Waals surface area (Å²) < 4.78 is 5.39. The maximum absolute atomic E-state index is 5.39. The quantitative estimate of drug-likeness (QED) is 0.798. The molecule has 0 amide bonds. The van der Waals surface area contributed by atoms with Crippen LogP contribution in [0.5, 0.6) is 0 Å². The second-order valence-electron chi connectivity index (χ2n) is 4.28. The van der Waals surface area contributed by atoms with Crippen molar-refractivity contribution in [2.45, 2.75) is 38.3 Å². The number of nitrogens with one attached hydrogen (secondary N) is 2. The van der Waals surface area contributed by atoms with Gasteiger partial charge < -0.3 is 15.1 Å². The molecule has 1 aliphatic rings. The molecule has 0 saturated carbocycles. The highest BCUT2D eigenvalue weighted by molar-refractivity contribution is 5.03. The van der Waals surface area contributed by atoms with E-state index in [1.807, 2.05) is 12.1 Å². The van der Waals surface area contributed by atoms with Crippen LogP contribution in [0.2, 0.25) is 0 Å². The van der Waals surface area contributed by atoms with Gasteiger partial charge in [0.1, 0.15) is 5.76 Å². The van der Waals surface area contributed by atoms with Crippen LogP contribution in [0.1, 0.15) is 38.0 Å². The van der Waals surface area contributed by atoms with Crippen molar-refractivity contribution in [3.63, 3.8) is 0 Å². The Kier molecular flexibility index (Phi) is 3.80. The van der Waals surface area contributed by atoms with Gasteiger partial charge in [-0.15, -0.1) is 0 Å². The van der Waals surface area contributed by atoms with E-state index in [0.717, 1.165) is 18.8 Å². The van der Waals surface area contributed by atoms with Crippen molar-refractivity contribution in [2.24, 2.45) is 0 Å². The van der Waals surface area contributed by atoms with Crippen LogP contribution in [0.25, 0.3) is 0 Å². The molecule has 0 aliphatic carbocycles. The molecular weight excluding hydrogens is 188 g/mol. The molecule has 0 spiro atoms. The minimum atomic E-state index is 0.322. The lowest BCUT2D eigenvalue weighted by Gasteiger charge is -2.20. The Labute approximate surface area is 91.2 Å². The van der Waals surface area contributed by atoms with Crippen LogP contribution in [0.15, 0.2) is 22.8 Å². The molecule has 2 heterocycles. The van der Waals surface area contributed by atoms with Crippen LogP contribution in [0.3, 0.4) is 0 Å².